The summed E-state index contributed by atoms with van der Waals surface area (Å²) in [4.78, 5) is 20.0. The van der Waals surface area contributed by atoms with Crippen LogP contribution in [0.15, 0.2) is 59.4 Å². The number of nitrogens with one attached hydrogen (secondary N) is 2. The van der Waals surface area contributed by atoms with E-state index in [1.165, 1.54) is 24.1 Å². The molecule has 2 fully saturated rings. The molecule has 2 saturated carbocycles. The lowest BCUT2D eigenvalue weighted by molar-refractivity contribution is 0.229. The predicted molar refractivity (Wildman–Crippen MR) is 118 cm³/mol. The molecule has 2 amide bonds. The molecule has 5 nitrogen and oxygen atoms in total. The maximum Gasteiger partial charge on any atom is 0.325 e. The number of anilines is 2. The first-order chi connectivity index (χ1) is 14.1. The van der Waals surface area contributed by atoms with Gasteiger partial charge in [-0.3, -0.25) is 4.98 Å². The first-order valence-corrected chi connectivity index (χ1v) is 11.2. The van der Waals surface area contributed by atoms with E-state index in [-0.39, 0.29) is 6.03 Å². The summed E-state index contributed by atoms with van der Waals surface area (Å²) < 4.78 is 0. The highest BCUT2D eigenvalue weighted by Gasteiger charge is 2.58. The van der Waals surface area contributed by atoms with Gasteiger partial charge in [0.1, 0.15) is 0 Å². The quantitative estimate of drug-likeness (QED) is 0.659. The normalized spacial score (nSPS) is 25.9. The smallest absolute Gasteiger partial charge is 0.325 e. The zero-order chi connectivity index (χ0) is 20.0. The molecule has 0 saturated heterocycles. The topological polar surface area (TPSA) is 57.3 Å². The van der Waals surface area contributed by atoms with Crippen LogP contribution in [-0.4, -0.2) is 30.0 Å². The van der Waals surface area contributed by atoms with Crippen LogP contribution in [0, 0.1) is 23.7 Å². The number of thioether (sulfide) groups is 1. The monoisotopic (exact) mass is 406 g/mol. The molecule has 0 aliphatic heterocycles. The number of carbonyl (C=O) groups excluding carboxylic acids is 1. The molecule has 4 atom stereocenters. The first-order valence-electron chi connectivity index (χ1n) is 10.2. The van der Waals surface area contributed by atoms with Gasteiger partial charge in [-0.15, -0.1) is 11.8 Å². The largest absolute Gasteiger partial charge is 0.387 e. The Labute approximate surface area is 176 Å². The average Bonchev–Trinajstić information content (AvgIpc) is 3.64. The van der Waals surface area contributed by atoms with Crippen molar-refractivity contribution in [2.24, 2.45) is 23.7 Å². The van der Waals surface area contributed by atoms with E-state index in [1.807, 2.05) is 43.4 Å². The van der Waals surface area contributed by atoms with Gasteiger partial charge in [0, 0.05) is 54.4 Å². The van der Waals surface area contributed by atoms with Crippen molar-refractivity contribution in [2.75, 3.05) is 24.7 Å². The van der Waals surface area contributed by atoms with Crippen molar-refractivity contribution in [2.45, 2.75) is 23.5 Å². The number of benzene rings is 1. The minimum absolute atomic E-state index is 0.0458. The highest BCUT2D eigenvalue weighted by atomic mass is 32.2. The number of amides is 2. The molecule has 4 unspecified atom stereocenters. The summed E-state index contributed by atoms with van der Waals surface area (Å²) in [6, 6.07) is 10.0. The van der Waals surface area contributed by atoms with Crippen LogP contribution < -0.4 is 10.6 Å². The molecule has 3 aliphatic carbocycles. The molecular weight excluding hydrogens is 380 g/mol. The second-order valence-electron chi connectivity index (χ2n) is 8.26. The minimum Gasteiger partial charge on any atom is -0.387 e. The lowest BCUT2D eigenvalue weighted by Crippen LogP contribution is -2.32. The molecule has 2 N–H and O–H groups in total. The maximum atomic E-state index is 12.8. The fourth-order valence-electron chi connectivity index (χ4n) is 4.58. The third-order valence-electron chi connectivity index (χ3n) is 6.36. The van der Waals surface area contributed by atoms with E-state index >= 15 is 0 Å². The third-order valence-corrected chi connectivity index (χ3v) is 7.48. The molecule has 1 heterocycles. The van der Waals surface area contributed by atoms with E-state index in [0.717, 1.165) is 39.8 Å². The van der Waals surface area contributed by atoms with Crippen molar-refractivity contribution in [3.8, 4) is 0 Å². The van der Waals surface area contributed by atoms with Crippen LogP contribution in [0.25, 0.3) is 0 Å². The van der Waals surface area contributed by atoms with Crippen LogP contribution in [0.1, 0.15) is 18.4 Å². The van der Waals surface area contributed by atoms with Gasteiger partial charge < -0.3 is 15.5 Å². The highest BCUT2D eigenvalue weighted by molar-refractivity contribution is 7.98. The van der Waals surface area contributed by atoms with E-state index in [0.29, 0.717) is 5.92 Å². The van der Waals surface area contributed by atoms with Crippen molar-refractivity contribution in [1.82, 2.24) is 9.88 Å². The van der Waals surface area contributed by atoms with Crippen molar-refractivity contribution in [3.05, 3.63) is 60.1 Å². The second kappa shape index (κ2) is 7.41. The fourth-order valence-corrected chi connectivity index (χ4v) is 5.54. The van der Waals surface area contributed by atoms with Crippen LogP contribution >= 0.6 is 11.8 Å². The molecule has 1 aromatic heterocycles. The van der Waals surface area contributed by atoms with Crippen LogP contribution in [0.3, 0.4) is 0 Å². The fraction of sp³-hybridized carbons (Fsp3) is 0.391. The minimum atomic E-state index is -0.0458. The first kappa shape index (κ1) is 18.6. The standard InChI is InChI=1S/C23H26N4OS/c1-24-20-6-7-25-12-22(20)29-13-14-4-3-5-16(8-14)26-23(28)27(2)21-10-15-9-17(15)18-11-19(18)21/h3-8,10,12,15,17-19H,9,11,13H2,1-2H3,(H,24,25)(H,26,28). The van der Waals surface area contributed by atoms with Crippen LogP contribution in [0.2, 0.25) is 0 Å². The van der Waals surface area contributed by atoms with Crippen molar-refractivity contribution in [3.63, 3.8) is 0 Å². The van der Waals surface area contributed by atoms with Crippen molar-refractivity contribution < 1.29 is 4.79 Å². The molecule has 6 heteroatoms. The molecule has 0 spiro atoms. The van der Waals surface area contributed by atoms with E-state index in [2.05, 4.69) is 33.8 Å². The number of carbonyl (C=O) groups is 1. The third kappa shape index (κ3) is 3.73. The summed E-state index contributed by atoms with van der Waals surface area (Å²) in [5.41, 5.74) is 4.32. The zero-order valence-electron chi connectivity index (χ0n) is 16.8. The number of hydrogen-bond donors (Lipinski definition) is 2. The molecule has 150 valence electrons. The molecule has 2 aromatic rings. The van der Waals surface area contributed by atoms with Crippen LogP contribution in [-0.2, 0) is 5.75 Å². The number of nitrogens with zero attached hydrogens (tertiary/aromatic N) is 2. The predicted octanol–water partition coefficient (Wildman–Crippen LogP) is 5.05. The van der Waals surface area contributed by atoms with Crippen LogP contribution in [0.4, 0.5) is 16.2 Å². The number of urea groups is 1. The van der Waals surface area contributed by atoms with Gasteiger partial charge in [-0.05, 0) is 54.4 Å². The van der Waals surface area contributed by atoms with Gasteiger partial charge in [-0.1, -0.05) is 18.2 Å². The average molecular weight is 407 g/mol. The molecule has 1 aromatic carbocycles. The Kier molecular flexibility index (Phi) is 4.74. The Balaban J connectivity index is 1.22. The van der Waals surface area contributed by atoms with E-state index in [4.69, 9.17) is 0 Å². The van der Waals surface area contributed by atoms with Gasteiger partial charge in [0.05, 0.1) is 5.69 Å². The molecule has 5 rings (SSSR count). The van der Waals surface area contributed by atoms with E-state index in [1.54, 1.807) is 18.0 Å². The van der Waals surface area contributed by atoms with Gasteiger partial charge >= 0.3 is 6.03 Å². The Bertz CT molecular complexity index is 975. The number of rotatable bonds is 6. The van der Waals surface area contributed by atoms with Gasteiger partial charge in [-0.25, -0.2) is 4.79 Å². The lowest BCUT2D eigenvalue weighted by Gasteiger charge is -2.24. The number of aromatic nitrogens is 1. The summed E-state index contributed by atoms with van der Waals surface area (Å²) in [5.74, 6) is 3.90. The molecule has 3 aliphatic rings. The van der Waals surface area contributed by atoms with Gasteiger partial charge in [-0.2, -0.15) is 0 Å². The molecular formula is C23H26N4OS. The van der Waals surface area contributed by atoms with Crippen molar-refractivity contribution in [1.29, 1.82) is 0 Å². The Morgan fingerprint density at radius 3 is 3.03 bits per heavy atom. The van der Waals surface area contributed by atoms with Gasteiger partial charge in [0.15, 0.2) is 0 Å². The number of pyridine rings is 1. The molecule has 29 heavy (non-hydrogen) atoms. The van der Waals surface area contributed by atoms with Crippen LogP contribution in [0.5, 0.6) is 0 Å². The zero-order valence-corrected chi connectivity index (χ0v) is 17.6. The highest BCUT2D eigenvalue weighted by Crippen LogP contribution is 2.65. The number of hydrogen-bond acceptors (Lipinski definition) is 4. The number of allylic oxidation sites excluding steroid dienone is 2. The van der Waals surface area contributed by atoms with E-state index < -0.39 is 0 Å². The molecule has 0 bridgehead atoms. The second-order valence-corrected chi connectivity index (χ2v) is 9.28. The molecule has 0 radical (unpaired) electrons. The van der Waals surface area contributed by atoms with Gasteiger partial charge in [0.25, 0.3) is 0 Å². The summed E-state index contributed by atoms with van der Waals surface area (Å²) in [7, 11) is 3.82. The lowest BCUT2D eigenvalue weighted by atomic mass is 10.0. The summed E-state index contributed by atoms with van der Waals surface area (Å²) in [5, 5.41) is 6.28. The Hall–Kier alpha value is -2.47. The number of fused-ring (bicyclic) bond motifs is 3. The Morgan fingerprint density at radius 2 is 2.17 bits per heavy atom. The summed E-state index contributed by atoms with van der Waals surface area (Å²) in [6.45, 7) is 0. The van der Waals surface area contributed by atoms with E-state index in [9.17, 15) is 4.79 Å². The van der Waals surface area contributed by atoms with Gasteiger partial charge in [0.2, 0.25) is 0 Å². The summed E-state index contributed by atoms with van der Waals surface area (Å²) in [6.07, 6.45) is 8.60. The Morgan fingerprint density at radius 1 is 1.28 bits per heavy atom. The summed E-state index contributed by atoms with van der Waals surface area (Å²) >= 11 is 1.73. The van der Waals surface area contributed by atoms with Crippen molar-refractivity contribution >= 4 is 29.2 Å². The maximum absolute atomic E-state index is 12.8. The SMILES string of the molecule is CNc1ccncc1SCc1cccc(NC(=O)N(C)C2=CC3CC3C3CC23)c1.